The van der Waals surface area contributed by atoms with E-state index in [0.29, 0.717) is 30.2 Å². The molecule has 0 bridgehead atoms. The number of carbonyl (C=O) groups is 1. The van der Waals surface area contributed by atoms with Crippen LogP contribution in [0.25, 0.3) is 0 Å². The Morgan fingerprint density at radius 2 is 1.86 bits per heavy atom. The molecule has 0 saturated carbocycles. The second kappa shape index (κ2) is 9.22. The number of anilines is 1. The van der Waals surface area contributed by atoms with Crippen molar-refractivity contribution in [2.45, 2.75) is 4.21 Å². The number of nitrogens with one attached hydrogen (secondary N) is 2. The van der Waals surface area contributed by atoms with Crippen LogP contribution < -0.4 is 14.8 Å². The third-order valence-electron chi connectivity index (χ3n) is 3.61. The summed E-state index contributed by atoms with van der Waals surface area (Å²) in [5.41, 5.74) is 0.824. The normalized spacial score (nSPS) is 11.0. The smallest absolute Gasteiger partial charge is 0.271 e. The lowest BCUT2D eigenvalue weighted by Gasteiger charge is -2.09. The van der Waals surface area contributed by atoms with Crippen molar-refractivity contribution >= 4 is 48.9 Å². The molecule has 3 rings (SSSR count). The first-order valence-electron chi connectivity index (χ1n) is 8.27. The quantitative estimate of drug-likeness (QED) is 0.474. The van der Waals surface area contributed by atoms with E-state index < -0.39 is 10.0 Å². The lowest BCUT2D eigenvalue weighted by atomic mass is 10.2. The van der Waals surface area contributed by atoms with E-state index in [1.54, 1.807) is 35.7 Å². The first-order valence-corrected chi connectivity index (χ1v) is 11.4. The number of amides is 1. The summed E-state index contributed by atoms with van der Waals surface area (Å²) in [6, 6.07) is 16.9. The predicted molar refractivity (Wildman–Crippen MR) is 114 cm³/mol. The summed E-state index contributed by atoms with van der Waals surface area (Å²) < 4.78 is 33.6. The first-order chi connectivity index (χ1) is 13.4. The van der Waals surface area contributed by atoms with E-state index in [0.717, 1.165) is 15.8 Å². The Bertz CT molecular complexity index is 1040. The number of rotatable bonds is 8. The zero-order chi connectivity index (χ0) is 20.0. The number of sulfonamides is 1. The molecular formula is C19H17BrN2O4S2. The molecule has 2 aromatic carbocycles. The second-order valence-electron chi connectivity index (χ2n) is 5.68. The van der Waals surface area contributed by atoms with Gasteiger partial charge >= 0.3 is 0 Å². The summed E-state index contributed by atoms with van der Waals surface area (Å²) in [5.74, 6) is 0.455. The molecule has 0 radical (unpaired) electrons. The van der Waals surface area contributed by atoms with Crippen molar-refractivity contribution in [1.29, 1.82) is 0 Å². The largest absolute Gasteiger partial charge is 0.492 e. The lowest BCUT2D eigenvalue weighted by Crippen LogP contribution is -2.28. The van der Waals surface area contributed by atoms with E-state index in [-0.39, 0.29) is 10.1 Å². The molecule has 0 aliphatic rings. The fourth-order valence-corrected chi connectivity index (χ4v) is 4.73. The van der Waals surface area contributed by atoms with E-state index >= 15 is 0 Å². The summed E-state index contributed by atoms with van der Waals surface area (Å²) in [6.45, 7) is 0.680. The monoisotopic (exact) mass is 480 g/mol. The molecule has 146 valence electrons. The highest BCUT2D eigenvalue weighted by molar-refractivity contribution is 9.10. The Balaban J connectivity index is 1.49. The van der Waals surface area contributed by atoms with Crippen LogP contribution in [-0.2, 0) is 10.0 Å². The molecule has 9 heteroatoms. The average Bonchev–Trinajstić information content (AvgIpc) is 3.21. The second-order valence-corrected chi connectivity index (χ2v) is 9.45. The number of ether oxygens (including phenoxy) is 1. The minimum Gasteiger partial charge on any atom is -0.492 e. The molecule has 1 heterocycles. The van der Waals surface area contributed by atoms with E-state index in [4.69, 9.17) is 4.74 Å². The van der Waals surface area contributed by atoms with Crippen LogP contribution in [0.2, 0.25) is 0 Å². The van der Waals surface area contributed by atoms with E-state index in [2.05, 4.69) is 26.0 Å². The Morgan fingerprint density at radius 1 is 1.07 bits per heavy atom. The highest BCUT2D eigenvalue weighted by atomic mass is 79.9. The summed E-state index contributed by atoms with van der Waals surface area (Å²) in [5, 5.41) is 4.46. The maximum absolute atomic E-state index is 12.2. The van der Waals surface area contributed by atoms with Crippen molar-refractivity contribution in [3.8, 4) is 5.75 Å². The number of hydrogen-bond donors (Lipinski definition) is 2. The Kier molecular flexibility index (Phi) is 6.71. The highest BCUT2D eigenvalue weighted by Crippen LogP contribution is 2.20. The third kappa shape index (κ3) is 5.57. The summed E-state index contributed by atoms with van der Waals surface area (Å²) >= 11 is 4.51. The van der Waals surface area contributed by atoms with E-state index in [9.17, 15) is 13.2 Å². The van der Waals surface area contributed by atoms with Gasteiger partial charge < -0.3 is 10.1 Å². The van der Waals surface area contributed by atoms with Gasteiger partial charge in [0.2, 0.25) is 0 Å². The van der Waals surface area contributed by atoms with Crippen LogP contribution in [0.4, 0.5) is 5.69 Å². The minimum atomic E-state index is -3.60. The Hall–Kier alpha value is -2.36. The van der Waals surface area contributed by atoms with E-state index in [1.807, 2.05) is 24.3 Å². The molecule has 1 amide bonds. The van der Waals surface area contributed by atoms with E-state index in [1.165, 1.54) is 6.07 Å². The maximum Gasteiger partial charge on any atom is 0.271 e. The summed E-state index contributed by atoms with van der Waals surface area (Å²) in [6.07, 6.45) is 0. The molecular weight excluding hydrogens is 464 g/mol. The van der Waals surface area contributed by atoms with Gasteiger partial charge in [0.05, 0.1) is 6.54 Å². The van der Waals surface area contributed by atoms with Crippen molar-refractivity contribution in [2.24, 2.45) is 0 Å². The molecule has 0 saturated heterocycles. The molecule has 0 unspecified atom stereocenters. The van der Waals surface area contributed by atoms with Gasteiger partial charge in [-0.2, -0.15) is 0 Å². The summed E-state index contributed by atoms with van der Waals surface area (Å²) in [7, 11) is -3.60. The van der Waals surface area contributed by atoms with Gasteiger partial charge in [-0.3, -0.25) is 9.52 Å². The van der Waals surface area contributed by atoms with Crippen molar-refractivity contribution in [3.05, 3.63) is 76.1 Å². The van der Waals surface area contributed by atoms with Crippen molar-refractivity contribution < 1.29 is 17.9 Å². The standard InChI is InChI=1S/C19H17BrN2O4S2/c20-15-3-1-4-17(13-15)26-11-10-21-19(23)14-6-8-16(9-7-14)22-28(24,25)18-5-2-12-27-18/h1-9,12-13,22H,10-11H2,(H,21,23). The lowest BCUT2D eigenvalue weighted by molar-refractivity contribution is 0.0947. The van der Waals surface area contributed by atoms with Crippen molar-refractivity contribution in [2.75, 3.05) is 17.9 Å². The fourth-order valence-electron chi connectivity index (χ4n) is 2.30. The van der Waals surface area contributed by atoms with Crippen LogP contribution >= 0.6 is 27.3 Å². The zero-order valence-electron chi connectivity index (χ0n) is 14.6. The molecule has 6 nitrogen and oxygen atoms in total. The topological polar surface area (TPSA) is 84.5 Å². The minimum absolute atomic E-state index is 0.236. The molecule has 3 aromatic rings. The molecule has 0 aliphatic heterocycles. The predicted octanol–water partition coefficient (Wildman–Crippen LogP) is 4.12. The average molecular weight is 481 g/mol. The Labute approximate surface area is 175 Å². The summed E-state index contributed by atoms with van der Waals surface area (Å²) in [4.78, 5) is 12.2. The van der Waals surface area contributed by atoms with Crippen LogP contribution in [0.15, 0.2) is 74.7 Å². The number of halogens is 1. The number of hydrogen-bond acceptors (Lipinski definition) is 5. The van der Waals surface area contributed by atoms with Gasteiger partial charge in [0.1, 0.15) is 16.6 Å². The third-order valence-corrected chi connectivity index (χ3v) is 6.88. The molecule has 0 fully saturated rings. The van der Waals surface area contributed by atoms with Gasteiger partial charge in [0, 0.05) is 15.7 Å². The van der Waals surface area contributed by atoms with Crippen LogP contribution in [0, 0.1) is 0 Å². The molecule has 2 N–H and O–H groups in total. The first kappa shape index (κ1) is 20.4. The van der Waals surface area contributed by atoms with Crippen LogP contribution in [0.1, 0.15) is 10.4 Å². The Morgan fingerprint density at radius 3 is 2.54 bits per heavy atom. The highest BCUT2D eigenvalue weighted by Gasteiger charge is 2.15. The van der Waals surface area contributed by atoms with Gasteiger partial charge in [0.15, 0.2) is 0 Å². The SMILES string of the molecule is O=C(NCCOc1cccc(Br)c1)c1ccc(NS(=O)(=O)c2cccs2)cc1. The van der Waals surface area contributed by atoms with Crippen LogP contribution in [0.5, 0.6) is 5.75 Å². The number of benzene rings is 2. The molecule has 0 atom stereocenters. The van der Waals surface area contributed by atoms with Gasteiger partial charge in [-0.1, -0.05) is 28.1 Å². The van der Waals surface area contributed by atoms with Gasteiger partial charge in [0.25, 0.3) is 15.9 Å². The van der Waals surface area contributed by atoms with Gasteiger partial charge in [-0.25, -0.2) is 8.42 Å². The van der Waals surface area contributed by atoms with Crippen molar-refractivity contribution in [3.63, 3.8) is 0 Å². The molecule has 28 heavy (non-hydrogen) atoms. The molecule has 0 aliphatic carbocycles. The number of carbonyl (C=O) groups excluding carboxylic acids is 1. The van der Waals surface area contributed by atoms with Crippen LogP contribution in [-0.4, -0.2) is 27.5 Å². The van der Waals surface area contributed by atoms with Gasteiger partial charge in [-0.15, -0.1) is 11.3 Å². The number of thiophene rings is 1. The maximum atomic E-state index is 12.2. The zero-order valence-corrected chi connectivity index (χ0v) is 17.8. The van der Waals surface area contributed by atoms with Crippen LogP contribution in [0.3, 0.4) is 0 Å². The fraction of sp³-hybridized carbons (Fsp3) is 0.105. The van der Waals surface area contributed by atoms with Crippen molar-refractivity contribution in [1.82, 2.24) is 5.32 Å². The van der Waals surface area contributed by atoms with Gasteiger partial charge in [-0.05, 0) is 53.9 Å². The molecule has 1 aromatic heterocycles. The molecule has 0 spiro atoms.